The van der Waals surface area contributed by atoms with Crippen LogP contribution in [0.2, 0.25) is 5.02 Å². The molecule has 0 spiro atoms. The lowest BCUT2D eigenvalue weighted by molar-refractivity contribution is 0.100. The summed E-state index contributed by atoms with van der Waals surface area (Å²) in [6, 6.07) is 6.23. The van der Waals surface area contributed by atoms with Crippen molar-refractivity contribution in [2.45, 2.75) is 6.92 Å². The molecule has 2 aromatic carbocycles. The molecule has 0 saturated heterocycles. The minimum atomic E-state index is -0.780. The van der Waals surface area contributed by atoms with Crippen LogP contribution in [0.5, 0.6) is 0 Å². The van der Waals surface area contributed by atoms with E-state index in [0.717, 1.165) is 12.1 Å². The van der Waals surface area contributed by atoms with Crippen LogP contribution < -0.4 is 11.5 Å². The molecule has 0 fully saturated rings. The molecular formula is C18H13ClF2N4O. The van der Waals surface area contributed by atoms with Gasteiger partial charge in [0.1, 0.15) is 11.6 Å². The number of halogens is 3. The molecule has 0 radical (unpaired) electrons. The Kier molecular flexibility index (Phi) is 4.56. The fourth-order valence-electron chi connectivity index (χ4n) is 2.73. The maximum atomic E-state index is 14.3. The number of amides is 1. The predicted octanol–water partition coefficient (Wildman–Crippen LogP) is 3.56. The molecule has 0 aliphatic carbocycles. The molecule has 0 saturated carbocycles. The summed E-state index contributed by atoms with van der Waals surface area (Å²) in [4.78, 5) is 19.9. The largest absolute Gasteiger partial charge is 0.370 e. The third kappa shape index (κ3) is 3.21. The van der Waals surface area contributed by atoms with Crippen LogP contribution in [-0.4, -0.2) is 16.9 Å². The quantitative estimate of drug-likeness (QED) is 0.529. The Hall–Kier alpha value is -3.06. The van der Waals surface area contributed by atoms with E-state index >= 15 is 0 Å². The van der Waals surface area contributed by atoms with Gasteiger partial charge >= 0.3 is 0 Å². The lowest BCUT2D eigenvalue weighted by Gasteiger charge is -2.12. The second-order valence-electron chi connectivity index (χ2n) is 5.64. The molecular weight excluding hydrogens is 362 g/mol. The van der Waals surface area contributed by atoms with Crippen LogP contribution in [0, 0.1) is 18.6 Å². The van der Waals surface area contributed by atoms with E-state index in [2.05, 4.69) is 9.98 Å². The van der Waals surface area contributed by atoms with Crippen LogP contribution in [0.4, 0.5) is 8.78 Å². The van der Waals surface area contributed by atoms with Crippen molar-refractivity contribution in [3.05, 3.63) is 64.3 Å². The second-order valence-corrected chi connectivity index (χ2v) is 6.04. The summed E-state index contributed by atoms with van der Waals surface area (Å²) >= 11 is 6.24. The zero-order chi connectivity index (χ0) is 19.0. The normalized spacial score (nSPS) is 10.8. The Labute approximate surface area is 152 Å². The first-order valence-electron chi connectivity index (χ1n) is 7.46. The van der Waals surface area contributed by atoms with E-state index < -0.39 is 17.5 Å². The first-order chi connectivity index (χ1) is 12.3. The highest BCUT2D eigenvalue weighted by molar-refractivity contribution is 6.35. The number of nitrogens with two attached hydrogens (primary N) is 2. The number of aliphatic imine (C=N–C) groups is 1. The summed E-state index contributed by atoms with van der Waals surface area (Å²) in [6.07, 6.45) is 1.38. The molecule has 0 aliphatic heterocycles. The Bertz CT molecular complexity index is 1080. The Morgan fingerprint density at radius 2 is 1.92 bits per heavy atom. The lowest BCUT2D eigenvalue weighted by atomic mass is 9.97. The van der Waals surface area contributed by atoms with Crippen molar-refractivity contribution in [3.8, 4) is 11.1 Å². The second kappa shape index (κ2) is 6.68. The van der Waals surface area contributed by atoms with Gasteiger partial charge in [0.2, 0.25) is 0 Å². The average molecular weight is 375 g/mol. The Balaban J connectivity index is 2.35. The Morgan fingerprint density at radius 1 is 1.19 bits per heavy atom. The highest BCUT2D eigenvalue weighted by atomic mass is 35.5. The van der Waals surface area contributed by atoms with E-state index in [0.29, 0.717) is 22.0 Å². The number of aromatic nitrogens is 1. The van der Waals surface area contributed by atoms with Gasteiger partial charge in [-0.05, 0) is 36.8 Å². The van der Waals surface area contributed by atoms with Gasteiger partial charge in [-0.3, -0.25) is 9.78 Å². The van der Waals surface area contributed by atoms with Crippen molar-refractivity contribution in [2.75, 3.05) is 0 Å². The molecule has 1 aromatic heterocycles. The molecule has 0 aliphatic rings. The third-order valence-corrected chi connectivity index (χ3v) is 4.08. The molecule has 0 unspecified atom stereocenters. The van der Waals surface area contributed by atoms with Gasteiger partial charge in [0.05, 0.1) is 10.5 Å². The summed E-state index contributed by atoms with van der Waals surface area (Å²) < 4.78 is 27.6. The summed E-state index contributed by atoms with van der Waals surface area (Å²) in [5.41, 5.74) is 12.3. The molecule has 132 valence electrons. The number of carbonyl (C=O) groups is 1. The summed E-state index contributed by atoms with van der Waals surface area (Å²) in [5.74, 6) is -2.51. The number of aryl methyl sites for hydroxylation is 1. The molecule has 4 N–H and O–H groups in total. The number of carbonyl (C=O) groups excluding carboxylic acids is 1. The van der Waals surface area contributed by atoms with Gasteiger partial charge in [-0.15, -0.1) is 0 Å². The number of benzene rings is 2. The van der Waals surface area contributed by atoms with Crippen LogP contribution >= 0.6 is 11.6 Å². The number of pyridine rings is 1. The number of fused-ring (bicyclic) bond motifs is 1. The van der Waals surface area contributed by atoms with Crippen molar-refractivity contribution in [1.82, 2.24) is 4.98 Å². The highest BCUT2D eigenvalue weighted by Gasteiger charge is 2.18. The van der Waals surface area contributed by atoms with E-state index in [1.807, 2.05) is 0 Å². The molecule has 8 heteroatoms. The van der Waals surface area contributed by atoms with Crippen LogP contribution in [0.1, 0.15) is 15.9 Å². The first kappa shape index (κ1) is 17.8. The monoisotopic (exact) mass is 374 g/mol. The van der Waals surface area contributed by atoms with Crippen molar-refractivity contribution in [1.29, 1.82) is 0 Å². The molecule has 5 nitrogen and oxygen atoms in total. The van der Waals surface area contributed by atoms with Gasteiger partial charge in [0.25, 0.3) is 5.91 Å². The van der Waals surface area contributed by atoms with Crippen molar-refractivity contribution in [2.24, 2.45) is 16.5 Å². The van der Waals surface area contributed by atoms with E-state index in [1.165, 1.54) is 18.3 Å². The van der Waals surface area contributed by atoms with Gasteiger partial charge in [-0.1, -0.05) is 11.6 Å². The highest BCUT2D eigenvalue weighted by Crippen LogP contribution is 2.37. The summed E-state index contributed by atoms with van der Waals surface area (Å²) in [6.45, 7) is 1.74. The number of hydrogen-bond acceptors (Lipinski definition) is 2. The van der Waals surface area contributed by atoms with E-state index in [4.69, 9.17) is 23.1 Å². The predicted molar refractivity (Wildman–Crippen MR) is 97.0 cm³/mol. The SMILES string of the molecule is Cc1cc(C(=O)N=C(N)N)cc2c(-c3ccc(F)cc3F)c(Cl)cnc12. The zero-order valence-corrected chi connectivity index (χ0v) is 14.3. The van der Waals surface area contributed by atoms with Crippen LogP contribution in [0.3, 0.4) is 0 Å². The molecule has 1 amide bonds. The van der Waals surface area contributed by atoms with Crippen LogP contribution in [0.25, 0.3) is 22.0 Å². The smallest absolute Gasteiger partial charge is 0.280 e. The van der Waals surface area contributed by atoms with Crippen LogP contribution in [-0.2, 0) is 0 Å². The fraction of sp³-hybridized carbons (Fsp3) is 0.0556. The minimum Gasteiger partial charge on any atom is -0.370 e. The van der Waals surface area contributed by atoms with E-state index in [1.54, 1.807) is 13.0 Å². The van der Waals surface area contributed by atoms with Crippen molar-refractivity contribution >= 4 is 34.4 Å². The molecule has 3 rings (SSSR count). The Morgan fingerprint density at radius 3 is 2.58 bits per heavy atom. The number of nitrogens with zero attached hydrogens (tertiary/aromatic N) is 2. The van der Waals surface area contributed by atoms with Crippen molar-refractivity contribution in [3.63, 3.8) is 0 Å². The molecule has 26 heavy (non-hydrogen) atoms. The topological polar surface area (TPSA) is 94.4 Å². The van der Waals surface area contributed by atoms with Gasteiger partial charge in [-0.2, -0.15) is 4.99 Å². The maximum absolute atomic E-state index is 14.3. The standard InChI is InChI=1S/C18H13ClF2N4O/c1-8-4-9(17(26)25-18(22)23)5-12-15(13(19)7-24-16(8)12)11-3-2-10(20)6-14(11)21/h2-7H,1H3,(H4,22,23,25,26). The fourth-order valence-corrected chi connectivity index (χ4v) is 2.98. The zero-order valence-electron chi connectivity index (χ0n) is 13.6. The van der Waals surface area contributed by atoms with E-state index in [-0.39, 0.29) is 22.1 Å². The molecule has 1 heterocycles. The van der Waals surface area contributed by atoms with Gasteiger partial charge in [0, 0.05) is 34.3 Å². The summed E-state index contributed by atoms with van der Waals surface area (Å²) in [5, 5.41) is 0.589. The number of hydrogen-bond donors (Lipinski definition) is 2. The number of guanidine groups is 1. The average Bonchev–Trinajstić information content (AvgIpc) is 2.55. The first-order valence-corrected chi connectivity index (χ1v) is 7.84. The van der Waals surface area contributed by atoms with Crippen LogP contribution in [0.15, 0.2) is 41.5 Å². The van der Waals surface area contributed by atoms with Gasteiger partial charge in [-0.25, -0.2) is 8.78 Å². The lowest BCUT2D eigenvalue weighted by Crippen LogP contribution is -2.24. The summed E-state index contributed by atoms with van der Waals surface area (Å²) in [7, 11) is 0. The molecule has 0 bridgehead atoms. The number of rotatable bonds is 2. The minimum absolute atomic E-state index is 0.0923. The maximum Gasteiger partial charge on any atom is 0.280 e. The van der Waals surface area contributed by atoms with E-state index in [9.17, 15) is 13.6 Å². The van der Waals surface area contributed by atoms with Gasteiger partial charge < -0.3 is 11.5 Å². The van der Waals surface area contributed by atoms with Gasteiger partial charge in [0.15, 0.2) is 5.96 Å². The third-order valence-electron chi connectivity index (χ3n) is 3.79. The van der Waals surface area contributed by atoms with Crippen molar-refractivity contribution < 1.29 is 13.6 Å². The molecule has 3 aromatic rings. The molecule has 0 atom stereocenters.